The lowest BCUT2D eigenvalue weighted by Gasteiger charge is -2.06. The summed E-state index contributed by atoms with van der Waals surface area (Å²) in [6, 6.07) is 8.46. The fraction of sp³-hybridized carbons (Fsp3) is 0.333. The summed E-state index contributed by atoms with van der Waals surface area (Å²) in [6.07, 6.45) is 2.64. The number of nitrogens with one attached hydrogen (secondary N) is 1. The van der Waals surface area contributed by atoms with Crippen LogP contribution in [0.2, 0.25) is 0 Å². The first kappa shape index (κ1) is 11.6. The quantitative estimate of drug-likeness (QED) is 0.803. The van der Waals surface area contributed by atoms with Gasteiger partial charge in [0, 0.05) is 13.6 Å². The van der Waals surface area contributed by atoms with Crippen LogP contribution >= 0.6 is 0 Å². The van der Waals surface area contributed by atoms with Crippen molar-refractivity contribution in [1.82, 2.24) is 15.0 Å². The van der Waals surface area contributed by atoms with Crippen LogP contribution in [-0.4, -0.2) is 21.5 Å². The van der Waals surface area contributed by atoms with Gasteiger partial charge in [0.25, 0.3) is 0 Å². The molecule has 2 rings (SSSR count). The molecule has 0 radical (unpaired) electrons. The number of aryl methyl sites for hydroxylation is 1. The van der Waals surface area contributed by atoms with E-state index < -0.39 is 0 Å². The Balaban J connectivity index is 1.93. The topological polar surface area (TPSA) is 68.8 Å². The van der Waals surface area contributed by atoms with Crippen molar-refractivity contribution in [1.29, 1.82) is 0 Å². The summed E-state index contributed by atoms with van der Waals surface area (Å²) in [5.74, 6) is 0.913. The van der Waals surface area contributed by atoms with Crippen LogP contribution in [0.25, 0.3) is 0 Å². The van der Waals surface area contributed by atoms with Gasteiger partial charge in [-0.15, -0.1) is 5.10 Å². The van der Waals surface area contributed by atoms with E-state index in [1.165, 1.54) is 11.1 Å². The van der Waals surface area contributed by atoms with Gasteiger partial charge in [0.2, 0.25) is 0 Å². The van der Waals surface area contributed by atoms with E-state index in [1.807, 2.05) is 7.05 Å². The predicted octanol–water partition coefficient (Wildman–Crippen LogP) is 0.928. The average molecular weight is 231 g/mol. The van der Waals surface area contributed by atoms with E-state index in [2.05, 4.69) is 39.9 Å². The van der Waals surface area contributed by atoms with E-state index in [0.717, 1.165) is 18.8 Å². The van der Waals surface area contributed by atoms with Gasteiger partial charge in [0.1, 0.15) is 5.82 Å². The maximum absolute atomic E-state index is 5.51. The Hall–Kier alpha value is -1.88. The van der Waals surface area contributed by atoms with E-state index >= 15 is 0 Å². The summed E-state index contributed by atoms with van der Waals surface area (Å²) in [5, 5.41) is 10.9. The SMILES string of the molecule is Cn1nncc1NCc1ccc(CCN)cc1. The van der Waals surface area contributed by atoms with Crippen LogP contribution in [0.4, 0.5) is 5.82 Å². The smallest absolute Gasteiger partial charge is 0.144 e. The number of aromatic nitrogens is 3. The minimum absolute atomic E-state index is 0.693. The number of hydrogen-bond donors (Lipinski definition) is 2. The van der Waals surface area contributed by atoms with Gasteiger partial charge in [0.15, 0.2) is 0 Å². The van der Waals surface area contributed by atoms with Gasteiger partial charge in [-0.2, -0.15) is 0 Å². The van der Waals surface area contributed by atoms with Crippen LogP contribution in [0, 0.1) is 0 Å². The molecule has 5 nitrogen and oxygen atoms in total. The highest BCUT2D eigenvalue weighted by atomic mass is 15.4. The summed E-state index contributed by atoms with van der Waals surface area (Å²) in [7, 11) is 1.86. The standard InChI is InChI=1S/C12H17N5/c1-17-12(9-15-16-17)14-8-11-4-2-10(3-5-11)6-7-13/h2-5,9,14H,6-8,13H2,1H3. The van der Waals surface area contributed by atoms with Gasteiger partial charge in [-0.25, -0.2) is 4.68 Å². The van der Waals surface area contributed by atoms with Crippen LogP contribution in [0.3, 0.4) is 0 Å². The van der Waals surface area contributed by atoms with Gasteiger partial charge in [-0.05, 0) is 24.1 Å². The largest absolute Gasteiger partial charge is 0.365 e. The highest BCUT2D eigenvalue weighted by Crippen LogP contribution is 2.08. The number of benzene rings is 1. The molecule has 1 aromatic heterocycles. The summed E-state index contributed by atoms with van der Waals surface area (Å²) in [5.41, 5.74) is 8.01. The fourth-order valence-corrected chi connectivity index (χ4v) is 1.63. The number of hydrogen-bond acceptors (Lipinski definition) is 4. The minimum Gasteiger partial charge on any atom is -0.365 e. The molecule has 0 aliphatic carbocycles. The Morgan fingerprint density at radius 1 is 1.24 bits per heavy atom. The number of nitrogens with two attached hydrogens (primary N) is 1. The van der Waals surface area contributed by atoms with E-state index in [1.54, 1.807) is 10.9 Å². The van der Waals surface area contributed by atoms with Crippen molar-refractivity contribution in [2.75, 3.05) is 11.9 Å². The third-order valence-electron chi connectivity index (χ3n) is 2.64. The maximum Gasteiger partial charge on any atom is 0.144 e. The Labute approximate surface area is 101 Å². The van der Waals surface area contributed by atoms with Crippen molar-refractivity contribution in [3.8, 4) is 0 Å². The first-order chi connectivity index (χ1) is 8.29. The van der Waals surface area contributed by atoms with Gasteiger partial charge in [-0.3, -0.25) is 0 Å². The highest BCUT2D eigenvalue weighted by Gasteiger charge is 1.99. The van der Waals surface area contributed by atoms with E-state index in [9.17, 15) is 0 Å². The molecule has 0 fully saturated rings. The van der Waals surface area contributed by atoms with Gasteiger partial charge in [-0.1, -0.05) is 29.5 Å². The molecule has 0 spiro atoms. The van der Waals surface area contributed by atoms with Crippen molar-refractivity contribution in [3.05, 3.63) is 41.6 Å². The molecular formula is C12H17N5. The summed E-state index contributed by atoms with van der Waals surface area (Å²) in [4.78, 5) is 0. The molecule has 0 amide bonds. The second-order valence-electron chi connectivity index (χ2n) is 3.95. The zero-order chi connectivity index (χ0) is 12.1. The molecule has 3 N–H and O–H groups in total. The van der Waals surface area contributed by atoms with E-state index in [4.69, 9.17) is 5.73 Å². The molecule has 2 aromatic rings. The lowest BCUT2D eigenvalue weighted by molar-refractivity contribution is 0.717. The van der Waals surface area contributed by atoms with E-state index in [-0.39, 0.29) is 0 Å². The normalized spacial score (nSPS) is 10.5. The molecule has 0 atom stereocenters. The van der Waals surface area contributed by atoms with Crippen LogP contribution < -0.4 is 11.1 Å². The van der Waals surface area contributed by atoms with Crippen molar-refractivity contribution in [2.45, 2.75) is 13.0 Å². The molecule has 17 heavy (non-hydrogen) atoms. The Morgan fingerprint density at radius 3 is 2.53 bits per heavy atom. The molecule has 0 saturated heterocycles. The monoisotopic (exact) mass is 231 g/mol. The zero-order valence-electron chi connectivity index (χ0n) is 9.93. The van der Waals surface area contributed by atoms with Gasteiger partial charge >= 0.3 is 0 Å². The van der Waals surface area contributed by atoms with Gasteiger partial charge < -0.3 is 11.1 Å². The summed E-state index contributed by atoms with van der Waals surface area (Å²) >= 11 is 0. The molecule has 1 aromatic carbocycles. The second kappa shape index (κ2) is 5.45. The predicted molar refractivity (Wildman–Crippen MR) is 67.5 cm³/mol. The molecule has 1 heterocycles. The molecule has 0 saturated carbocycles. The lowest BCUT2D eigenvalue weighted by Crippen LogP contribution is -2.05. The van der Waals surface area contributed by atoms with E-state index in [0.29, 0.717) is 6.54 Å². The van der Waals surface area contributed by atoms with Crippen molar-refractivity contribution >= 4 is 5.82 Å². The number of nitrogens with zero attached hydrogens (tertiary/aromatic N) is 3. The number of anilines is 1. The van der Waals surface area contributed by atoms with Crippen molar-refractivity contribution in [2.24, 2.45) is 12.8 Å². The van der Waals surface area contributed by atoms with Crippen LogP contribution in [0.15, 0.2) is 30.5 Å². The lowest BCUT2D eigenvalue weighted by atomic mass is 10.1. The molecule has 0 unspecified atom stereocenters. The second-order valence-corrected chi connectivity index (χ2v) is 3.95. The molecule has 5 heteroatoms. The zero-order valence-corrected chi connectivity index (χ0v) is 9.93. The summed E-state index contributed by atoms with van der Waals surface area (Å²) in [6.45, 7) is 1.46. The fourth-order valence-electron chi connectivity index (χ4n) is 1.63. The van der Waals surface area contributed by atoms with Crippen LogP contribution in [0.5, 0.6) is 0 Å². The van der Waals surface area contributed by atoms with Gasteiger partial charge in [0.05, 0.1) is 6.20 Å². The maximum atomic E-state index is 5.51. The first-order valence-corrected chi connectivity index (χ1v) is 5.66. The number of rotatable bonds is 5. The van der Waals surface area contributed by atoms with Crippen LogP contribution in [-0.2, 0) is 20.0 Å². The summed E-state index contributed by atoms with van der Waals surface area (Å²) < 4.78 is 1.71. The Bertz CT molecular complexity index is 460. The minimum atomic E-state index is 0.693. The molecule has 90 valence electrons. The Kier molecular flexibility index (Phi) is 3.72. The third-order valence-corrected chi connectivity index (χ3v) is 2.64. The van der Waals surface area contributed by atoms with Crippen molar-refractivity contribution < 1.29 is 0 Å². The van der Waals surface area contributed by atoms with Crippen LogP contribution in [0.1, 0.15) is 11.1 Å². The molecule has 0 aliphatic heterocycles. The third kappa shape index (κ3) is 3.04. The first-order valence-electron chi connectivity index (χ1n) is 5.66. The molecule has 0 bridgehead atoms. The molecular weight excluding hydrogens is 214 g/mol. The highest BCUT2D eigenvalue weighted by molar-refractivity contribution is 5.33. The van der Waals surface area contributed by atoms with Crippen molar-refractivity contribution in [3.63, 3.8) is 0 Å². The average Bonchev–Trinajstić information content (AvgIpc) is 2.75. The molecule has 0 aliphatic rings. The Morgan fingerprint density at radius 2 is 1.94 bits per heavy atom.